The third kappa shape index (κ3) is 2.84. The van der Waals surface area contributed by atoms with Gasteiger partial charge in [-0.05, 0) is 38.3 Å². The van der Waals surface area contributed by atoms with E-state index >= 15 is 0 Å². The molecule has 0 spiro atoms. The number of ketones is 1. The van der Waals surface area contributed by atoms with Crippen LogP contribution in [-0.4, -0.2) is 22.7 Å². The summed E-state index contributed by atoms with van der Waals surface area (Å²) in [6, 6.07) is 4.07. The van der Waals surface area contributed by atoms with Crippen LogP contribution in [-0.2, 0) is 6.54 Å². The molecule has 0 aliphatic rings. The average Bonchev–Trinajstić information content (AvgIpc) is 2.80. The first-order chi connectivity index (χ1) is 9.99. The summed E-state index contributed by atoms with van der Waals surface area (Å²) >= 11 is 0. The molecule has 0 fully saturated rings. The van der Waals surface area contributed by atoms with Gasteiger partial charge >= 0.3 is 0 Å². The van der Waals surface area contributed by atoms with Crippen molar-refractivity contribution in [3.05, 3.63) is 46.3 Å². The van der Waals surface area contributed by atoms with Gasteiger partial charge in [0.15, 0.2) is 11.4 Å². The zero-order chi connectivity index (χ0) is 15.6. The van der Waals surface area contributed by atoms with E-state index in [4.69, 9.17) is 4.74 Å². The third-order valence-electron chi connectivity index (χ3n) is 3.58. The highest BCUT2D eigenvalue weighted by atomic mass is 16.5. The predicted molar refractivity (Wildman–Crippen MR) is 83.2 cm³/mol. The molecule has 2 aromatic rings. The fourth-order valence-corrected chi connectivity index (χ4v) is 2.78. The number of nitrogens with zero attached hydrogens (tertiary/aromatic N) is 2. The molecule has 1 heterocycles. The fourth-order valence-electron chi connectivity index (χ4n) is 2.78. The molecule has 0 N–H and O–H groups in total. The first kappa shape index (κ1) is 15.3. The van der Waals surface area contributed by atoms with Gasteiger partial charge in [-0.2, -0.15) is 5.10 Å². The number of benzene rings is 1. The van der Waals surface area contributed by atoms with Gasteiger partial charge in [-0.25, -0.2) is 0 Å². The van der Waals surface area contributed by atoms with Crippen LogP contribution in [0.5, 0.6) is 5.75 Å². The molecule has 21 heavy (non-hydrogen) atoms. The molecular formula is C17H22N2O2. The van der Waals surface area contributed by atoms with Crippen molar-refractivity contribution in [3.8, 4) is 5.75 Å². The second-order valence-electron chi connectivity index (χ2n) is 5.39. The molecule has 4 heteroatoms. The summed E-state index contributed by atoms with van der Waals surface area (Å²) in [6.45, 7) is 8.75. The summed E-state index contributed by atoms with van der Waals surface area (Å²) in [7, 11) is 1.57. The van der Waals surface area contributed by atoms with Crippen molar-refractivity contribution in [2.24, 2.45) is 0 Å². The van der Waals surface area contributed by atoms with Gasteiger partial charge in [-0.15, -0.1) is 0 Å². The first-order valence-corrected chi connectivity index (χ1v) is 7.22. The average molecular weight is 286 g/mol. The molecule has 0 unspecified atom stereocenters. The summed E-state index contributed by atoms with van der Waals surface area (Å²) in [4.78, 5) is 13.0. The molecule has 112 valence electrons. The van der Waals surface area contributed by atoms with Crippen LogP contribution >= 0.6 is 0 Å². The number of aromatic nitrogens is 2. The number of hydrogen-bond acceptors (Lipinski definition) is 3. The number of aryl methyl sites for hydroxylation is 4. The SMILES string of the molecule is CCCn1ncc(OC)c1C(=O)c1c(C)cc(C)cc1C. The minimum atomic E-state index is -0.0206. The van der Waals surface area contributed by atoms with Crippen molar-refractivity contribution in [2.75, 3.05) is 7.11 Å². The van der Waals surface area contributed by atoms with Crippen LogP contribution < -0.4 is 4.74 Å². The lowest BCUT2D eigenvalue weighted by Crippen LogP contribution is -2.15. The summed E-state index contributed by atoms with van der Waals surface area (Å²) in [6.07, 6.45) is 2.53. The maximum Gasteiger partial charge on any atom is 0.215 e. The van der Waals surface area contributed by atoms with Gasteiger partial charge in [-0.1, -0.05) is 24.6 Å². The summed E-state index contributed by atoms with van der Waals surface area (Å²) in [5.74, 6) is 0.514. The summed E-state index contributed by atoms with van der Waals surface area (Å²) < 4.78 is 7.05. The Hall–Kier alpha value is -2.10. The Morgan fingerprint density at radius 1 is 1.24 bits per heavy atom. The lowest BCUT2D eigenvalue weighted by molar-refractivity contribution is 0.102. The Morgan fingerprint density at radius 3 is 2.38 bits per heavy atom. The maximum absolute atomic E-state index is 13.0. The Labute approximate surface area is 125 Å². The fraction of sp³-hybridized carbons (Fsp3) is 0.412. The van der Waals surface area contributed by atoms with Gasteiger partial charge in [0.05, 0.1) is 13.3 Å². The van der Waals surface area contributed by atoms with Crippen molar-refractivity contribution in [2.45, 2.75) is 40.7 Å². The summed E-state index contributed by atoms with van der Waals surface area (Å²) in [5.41, 5.74) is 4.43. The zero-order valence-corrected chi connectivity index (χ0v) is 13.4. The van der Waals surface area contributed by atoms with Crippen LogP contribution in [0.25, 0.3) is 0 Å². The van der Waals surface area contributed by atoms with E-state index < -0.39 is 0 Å². The molecule has 1 aromatic heterocycles. The monoisotopic (exact) mass is 286 g/mol. The van der Waals surface area contributed by atoms with E-state index in [-0.39, 0.29) is 5.78 Å². The van der Waals surface area contributed by atoms with Crippen LogP contribution in [0.4, 0.5) is 0 Å². The van der Waals surface area contributed by atoms with Crippen LogP contribution in [0, 0.1) is 20.8 Å². The van der Waals surface area contributed by atoms with Crippen LogP contribution in [0.2, 0.25) is 0 Å². The number of rotatable bonds is 5. The number of hydrogen-bond donors (Lipinski definition) is 0. The van der Waals surface area contributed by atoms with Crippen LogP contribution in [0.3, 0.4) is 0 Å². The number of carbonyl (C=O) groups excluding carboxylic acids is 1. The largest absolute Gasteiger partial charge is 0.493 e. The highest BCUT2D eigenvalue weighted by molar-refractivity contribution is 6.11. The van der Waals surface area contributed by atoms with Crippen molar-refractivity contribution in [1.29, 1.82) is 0 Å². The van der Waals surface area contributed by atoms with E-state index in [1.165, 1.54) is 0 Å². The molecule has 0 atom stereocenters. The van der Waals surface area contributed by atoms with E-state index in [0.29, 0.717) is 18.0 Å². The number of methoxy groups -OCH3 is 1. The van der Waals surface area contributed by atoms with Gasteiger partial charge in [0.2, 0.25) is 5.78 Å². The second-order valence-corrected chi connectivity index (χ2v) is 5.39. The number of carbonyl (C=O) groups is 1. The Kier molecular flexibility index (Phi) is 4.46. The Bertz CT molecular complexity index is 648. The first-order valence-electron chi connectivity index (χ1n) is 7.22. The van der Waals surface area contributed by atoms with E-state index in [9.17, 15) is 4.79 Å². The minimum absolute atomic E-state index is 0.0206. The van der Waals surface area contributed by atoms with Crippen molar-refractivity contribution in [1.82, 2.24) is 9.78 Å². The standard InChI is InChI=1S/C17H22N2O2/c1-6-7-19-16(14(21-5)10-18-19)17(20)15-12(3)8-11(2)9-13(15)4/h8-10H,6-7H2,1-5H3. The molecule has 4 nitrogen and oxygen atoms in total. The Balaban J connectivity index is 2.57. The predicted octanol–water partition coefficient (Wildman–Crippen LogP) is 3.46. The highest BCUT2D eigenvalue weighted by Crippen LogP contribution is 2.25. The van der Waals surface area contributed by atoms with Gasteiger partial charge in [0, 0.05) is 12.1 Å². The molecule has 0 amide bonds. The smallest absolute Gasteiger partial charge is 0.215 e. The molecular weight excluding hydrogens is 264 g/mol. The van der Waals surface area contributed by atoms with Crippen LogP contribution in [0.1, 0.15) is 46.1 Å². The molecule has 0 aliphatic heterocycles. The summed E-state index contributed by atoms with van der Waals surface area (Å²) in [5, 5.41) is 4.27. The van der Waals surface area contributed by atoms with Gasteiger partial charge < -0.3 is 4.74 Å². The molecule has 1 aromatic carbocycles. The van der Waals surface area contributed by atoms with Gasteiger partial charge in [0.25, 0.3) is 0 Å². The van der Waals surface area contributed by atoms with Crippen molar-refractivity contribution < 1.29 is 9.53 Å². The molecule has 0 radical (unpaired) electrons. The maximum atomic E-state index is 13.0. The second kappa shape index (κ2) is 6.12. The molecule has 0 bridgehead atoms. The van der Waals surface area contributed by atoms with E-state index in [1.54, 1.807) is 18.0 Å². The lowest BCUT2D eigenvalue weighted by atomic mass is 9.95. The topological polar surface area (TPSA) is 44.1 Å². The molecule has 0 aliphatic carbocycles. The molecule has 2 rings (SSSR count). The third-order valence-corrected chi connectivity index (χ3v) is 3.58. The normalized spacial score (nSPS) is 10.7. The molecule has 0 saturated heterocycles. The van der Waals surface area contributed by atoms with E-state index in [2.05, 4.69) is 12.0 Å². The minimum Gasteiger partial charge on any atom is -0.493 e. The Morgan fingerprint density at radius 2 is 1.86 bits per heavy atom. The van der Waals surface area contributed by atoms with Crippen molar-refractivity contribution in [3.63, 3.8) is 0 Å². The molecule has 0 saturated carbocycles. The van der Waals surface area contributed by atoms with Crippen molar-refractivity contribution >= 4 is 5.78 Å². The van der Waals surface area contributed by atoms with Gasteiger partial charge in [0.1, 0.15) is 0 Å². The zero-order valence-electron chi connectivity index (χ0n) is 13.4. The van der Waals surface area contributed by atoms with Crippen LogP contribution in [0.15, 0.2) is 18.3 Å². The van der Waals surface area contributed by atoms with E-state index in [1.807, 2.05) is 32.9 Å². The quantitative estimate of drug-likeness (QED) is 0.791. The van der Waals surface area contributed by atoms with Gasteiger partial charge in [-0.3, -0.25) is 9.48 Å². The number of ether oxygens (including phenoxy) is 1. The highest BCUT2D eigenvalue weighted by Gasteiger charge is 2.23. The van der Waals surface area contributed by atoms with E-state index in [0.717, 1.165) is 28.7 Å². The lowest BCUT2D eigenvalue weighted by Gasteiger charge is -2.12.